The van der Waals surface area contributed by atoms with E-state index in [0.717, 1.165) is 6.42 Å². The first-order chi connectivity index (χ1) is 9.34. The lowest BCUT2D eigenvalue weighted by Gasteiger charge is -2.29. The summed E-state index contributed by atoms with van der Waals surface area (Å²) in [5.41, 5.74) is -0.146. The number of halogens is 1. The molecule has 110 valence electrons. The Morgan fingerprint density at radius 3 is 2.65 bits per heavy atom. The highest BCUT2D eigenvalue weighted by molar-refractivity contribution is 14.1. The number of carbonyl (C=O) groups excluding carboxylic acids is 1. The number of esters is 1. The van der Waals surface area contributed by atoms with Gasteiger partial charge in [-0.15, -0.1) is 0 Å². The first-order valence-electron chi connectivity index (χ1n) is 6.14. The molecule has 1 aromatic carbocycles. The molecule has 1 N–H and O–H groups in total. The van der Waals surface area contributed by atoms with E-state index in [4.69, 9.17) is 4.74 Å². The summed E-state index contributed by atoms with van der Waals surface area (Å²) < 4.78 is 5.51. The predicted molar refractivity (Wildman–Crippen MR) is 84.8 cm³/mol. The highest BCUT2D eigenvalue weighted by Crippen LogP contribution is 2.28. The van der Waals surface area contributed by atoms with Crippen molar-refractivity contribution in [3.8, 4) is 0 Å². The van der Waals surface area contributed by atoms with Crippen LogP contribution in [0.25, 0.3) is 0 Å². The van der Waals surface area contributed by atoms with Crippen molar-refractivity contribution in [2.24, 2.45) is 0 Å². The molecule has 0 aromatic heterocycles. The molecule has 0 saturated heterocycles. The Bertz CT molecular complexity index is 521. The fraction of sp³-hybridized carbons (Fsp3) is 0.462. The van der Waals surface area contributed by atoms with Crippen molar-refractivity contribution in [2.45, 2.75) is 32.2 Å². The van der Waals surface area contributed by atoms with E-state index in [2.05, 4.69) is 5.32 Å². The Kier molecular flexibility index (Phi) is 5.73. The van der Waals surface area contributed by atoms with Crippen LogP contribution >= 0.6 is 22.6 Å². The van der Waals surface area contributed by atoms with E-state index in [1.54, 1.807) is 13.0 Å². The molecule has 7 heteroatoms. The number of non-ortho nitro benzene ring substituents is 1. The van der Waals surface area contributed by atoms with Crippen molar-refractivity contribution in [1.29, 1.82) is 0 Å². The second-order valence-electron chi connectivity index (χ2n) is 4.62. The molecule has 1 rings (SSSR count). The first kappa shape index (κ1) is 16.7. The van der Waals surface area contributed by atoms with E-state index in [-0.39, 0.29) is 11.7 Å². The maximum atomic E-state index is 11.9. The smallest absolute Gasteiger partial charge is 0.331 e. The molecular formula is C13H17IN2O4. The standard InChI is InChI=1S/C13H17IN2O4/c1-4-7-13(2,12(17)20-3)15-11-6-5-9(16(18)19)8-10(11)14/h5-6,8,15H,4,7H2,1-3H3. The molecule has 0 aliphatic heterocycles. The SMILES string of the molecule is CCCC(C)(Nc1ccc([N+](=O)[O-])cc1I)C(=O)OC. The van der Waals surface area contributed by atoms with Crippen LogP contribution in [0.3, 0.4) is 0 Å². The normalized spacial score (nSPS) is 13.4. The molecule has 6 nitrogen and oxygen atoms in total. The van der Waals surface area contributed by atoms with E-state index in [1.807, 2.05) is 29.5 Å². The molecule has 20 heavy (non-hydrogen) atoms. The monoisotopic (exact) mass is 392 g/mol. The molecule has 1 atom stereocenters. The molecule has 0 radical (unpaired) electrons. The van der Waals surface area contributed by atoms with E-state index in [9.17, 15) is 14.9 Å². The van der Waals surface area contributed by atoms with Crippen molar-refractivity contribution >= 4 is 39.9 Å². The van der Waals surface area contributed by atoms with Crippen LogP contribution in [-0.2, 0) is 9.53 Å². The molecule has 0 heterocycles. The summed E-state index contributed by atoms with van der Waals surface area (Å²) in [4.78, 5) is 22.2. The van der Waals surface area contributed by atoms with Gasteiger partial charge in [0, 0.05) is 21.4 Å². The Morgan fingerprint density at radius 2 is 2.20 bits per heavy atom. The number of ether oxygens (including phenoxy) is 1. The minimum atomic E-state index is -0.848. The van der Waals surface area contributed by atoms with Gasteiger partial charge in [-0.2, -0.15) is 0 Å². The van der Waals surface area contributed by atoms with Crippen molar-refractivity contribution < 1.29 is 14.5 Å². The molecular weight excluding hydrogens is 375 g/mol. The third-order valence-corrected chi connectivity index (χ3v) is 3.85. The number of anilines is 1. The number of benzene rings is 1. The first-order valence-corrected chi connectivity index (χ1v) is 7.22. The third kappa shape index (κ3) is 3.81. The molecule has 0 fully saturated rings. The second-order valence-corrected chi connectivity index (χ2v) is 5.78. The van der Waals surface area contributed by atoms with Gasteiger partial charge in [0.15, 0.2) is 0 Å². The van der Waals surface area contributed by atoms with E-state index in [0.29, 0.717) is 15.7 Å². The average Bonchev–Trinajstić information content (AvgIpc) is 2.40. The van der Waals surface area contributed by atoms with Gasteiger partial charge in [-0.3, -0.25) is 10.1 Å². The molecule has 0 saturated carbocycles. The van der Waals surface area contributed by atoms with Crippen LogP contribution in [0.15, 0.2) is 18.2 Å². The van der Waals surface area contributed by atoms with Crippen LogP contribution in [0.5, 0.6) is 0 Å². The molecule has 1 aromatic rings. The van der Waals surface area contributed by atoms with Crippen molar-refractivity contribution in [2.75, 3.05) is 12.4 Å². The predicted octanol–water partition coefficient (Wildman–Crippen LogP) is 3.34. The van der Waals surface area contributed by atoms with Crippen LogP contribution < -0.4 is 5.32 Å². The highest BCUT2D eigenvalue weighted by atomic mass is 127. The fourth-order valence-corrected chi connectivity index (χ4v) is 2.59. The summed E-state index contributed by atoms with van der Waals surface area (Å²) in [5, 5.41) is 13.9. The summed E-state index contributed by atoms with van der Waals surface area (Å²) in [6.45, 7) is 3.74. The van der Waals surface area contributed by atoms with Gasteiger partial charge >= 0.3 is 5.97 Å². The van der Waals surface area contributed by atoms with Gasteiger partial charge in [0.05, 0.1) is 12.0 Å². The van der Waals surface area contributed by atoms with Crippen LogP contribution in [0.1, 0.15) is 26.7 Å². The minimum Gasteiger partial charge on any atom is -0.467 e. The van der Waals surface area contributed by atoms with Crippen LogP contribution in [0.2, 0.25) is 0 Å². The largest absolute Gasteiger partial charge is 0.467 e. The van der Waals surface area contributed by atoms with Gasteiger partial charge in [0.25, 0.3) is 5.69 Å². The van der Waals surface area contributed by atoms with E-state index < -0.39 is 10.5 Å². The average molecular weight is 392 g/mol. The number of nitrogens with one attached hydrogen (secondary N) is 1. The summed E-state index contributed by atoms with van der Waals surface area (Å²) in [6, 6.07) is 4.48. The number of methoxy groups -OCH3 is 1. The van der Waals surface area contributed by atoms with E-state index >= 15 is 0 Å². The van der Waals surface area contributed by atoms with Crippen LogP contribution in [-0.4, -0.2) is 23.5 Å². The van der Waals surface area contributed by atoms with Gasteiger partial charge in [0.1, 0.15) is 5.54 Å². The molecule has 0 aliphatic rings. The Morgan fingerprint density at radius 1 is 1.55 bits per heavy atom. The summed E-state index contributed by atoms with van der Waals surface area (Å²) in [7, 11) is 1.35. The summed E-state index contributed by atoms with van der Waals surface area (Å²) >= 11 is 2.00. The Labute approximate surface area is 131 Å². The minimum absolute atomic E-state index is 0.0233. The number of nitro benzene ring substituents is 1. The maximum Gasteiger partial charge on any atom is 0.331 e. The van der Waals surface area contributed by atoms with Crippen LogP contribution in [0.4, 0.5) is 11.4 Å². The molecule has 1 unspecified atom stereocenters. The number of rotatable bonds is 6. The van der Waals surface area contributed by atoms with Gasteiger partial charge in [0.2, 0.25) is 0 Å². The number of hydrogen-bond donors (Lipinski definition) is 1. The number of nitrogens with zero attached hydrogens (tertiary/aromatic N) is 1. The Hall–Kier alpha value is -1.38. The lowest BCUT2D eigenvalue weighted by Crippen LogP contribution is -2.44. The fourth-order valence-electron chi connectivity index (χ4n) is 1.96. The molecule has 0 bridgehead atoms. The summed E-state index contributed by atoms with van der Waals surface area (Å²) in [6.07, 6.45) is 1.41. The van der Waals surface area contributed by atoms with Gasteiger partial charge in [-0.25, -0.2) is 4.79 Å². The topological polar surface area (TPSA) is 81.5 Å². The molecule has 0 spiro atoms. The maximum absolute atomic E-state index is 11.9. The van der Waals surface area contributed by atoms with Crippen molar-refractivity contribution in [3.63, 3.8) is 0 Å². The molecule has 0 aliphatic carbocycles. The van der Waals surface area contributed by atoms with Gasteiger partial charge < -0.3 is 10.1 Å². The second kappa shape index (κ2) is 6.87. The van der Waals surface area contributed by atoms with Crippen LogP contribution in [0, 0.1) is 13.7 Å². The quantitative estimate of drug-likeness (QED) is 0.348. The zero-order valence-corrected chi connectivity index (χ0v) is 13.8. The zero-order chi connectivity index (χ0) is 15.3. The number of carbonyl (C=O) groups is 1. The zero-order valence-electron chi connectivity index (χ0n) is 11.6. The Balaban J connectivity index is 3.06. The molecule has 0 amide bonds. The highest BCUT2D eigenvalue weighted by Gasteiger charge is 2.33. The van der Waals surface area contributed by atoms with E-state index in [1.165, 1.54) is 19.2 Å². The third-order valence-electron chi connectivity index (χ3n) is 2.96. The lowest BCUT2D eigenvalue weighted by molar-refractivity contribution is -0.384. The van der Waals surface area contributed by atoms with Crippen molar-refractivity contribution in [1.82, 2.24) is 0 Å². The number of hydrogen-bond acceptors (Lipinski definition) is 5. The number of nitro groups is 1. The van der Waals surface area contributed by atoms with Gasteiger partial charge in [-0.05, 0) is 42.0 Å². The summed E-state index contributed by atoms with van der Waals surface area (Å²) in [5.74, 6) is -0.353. The van der Waals surface area contributed by atoms with Crippen molar-refractivity contribution in [3.05, 3.63) is 31.9 Å². The van der Waals surface area contributed by atoms with Gasteiger partial charge in [-0.1, -0.05) is 13.3 Å². The lowest BCUT2D eigenvalue weighted by atomic mass is 9.95.